The van der Waals surface area contributed by atoms with Crippen molar-refractivity contribution in [1.82, 2.24) is 0 Å². The van der Waals surface area contributed by atoms with Gasteiger partial charge < -0.3 is 0 Å². The van der Waals surface area contributed by atoms with Crippen molar-refractivity contribution in [3.8, 4) is 0 Å². The third-order valence-electron chi connectivity index (χ3n) is 0.359. The fraction of sp³-hybridized carbons (Fsp3) is 1.00. The molecule has 0 radical (unpaired) electrons. The molecule has 0 aliphatic heterocycles. The molecule has 0 aromatic rings. The van der Waals surface area contributed by atoms with Crippen molar-refractivity contribution in [1.29, 1.82) is 0 Å². The predicted octanol–water partition coefficient (Wildman–Crippen LogP) is 1.90. The fourth-order valence-corrected chi connectivity index (χ4v) is 1.41. The molecule has 0 saturated carbocycles. The molecule has 0 bridgehead atoms. The van der Waals surface area contributed by atoms with Crippen molar-refractivity contribution in [2.45, 2.75) is 20.0 Å². The van der Waals surface area contributed by atoms with Gasteiger partial charge in [0.2, 0.25) is 0 Å². The maximum Gasteiger partial charge on any atom is 0.334 e. The van der Waals surface area contributed by atoms with Crippen molar-refractivity contribution in [3.63, 3.8) is 0 Å². The highest BCUT2D eigenvalue weighted by Crippen LogP contribution is 2.17. The van der Waals surface area contributed by atoms with E-state index in [1.807, 2.05) is 20.5 Å². The lowest BCUT2D eigenvalue weighted by Crippen LogP contribution is -1.92. The third kappa shape index (κ3) is 6.48. The van der Waals surface area contributed by atoms with Crippen molar-refractivity contribution >= 4 is 18.7 Å². The molecular formula is C4H10OPS+. The van der Waals surface area contributed by atoms with Crippen LogP contribution >= 0.6 is 6.92 Å². The van der Waals surface area contributed by atoms with E-state index in [1.165, 1.54) is 0 Å². The third-order valence-corrected chi connectivity index (χ3v) is 1.34. The summed E-state index contributed by atoms with van der Waals surface area (Å²) in [7, 11) is 0. The van der Waals surface area contributed by atoms with E-state index in [-0.39, 0.29) is 0 Å². The van der Waals surface area contributed by atoms with Crippen LogP contribution < -0.4 is 0 Å². The van der Waals surface area contributed by atoms with E-state index >= 15 is 0 Å². The summed E-state index contributed by atoms with van der Waals surface area (Å²) in [4.78, 5) is 0. The molecule has 0 saturated heterocycles. The molecule has 0 aliphatic rings. The molecule has 0 spiro atoms. The van der Waals surface area contributed by atoms with E-state index < -0.39 is 6.92 Å². The van der Waals surface area contributed by atoms with Crippen LogP contribution in [0, 0.1) is 0 Å². The maximum atomic E-state index is 5.13. The Morgan fingerprint density at radius 2 is 2.00 bits per heavy atom. The lowest BCUT2D eigenvalue weighted by molar-refractivity contribution is 0.280. The molecule has 0 fully saturated rings. The molecule has 0 aromatic heterocycles. The van der Waals surface area contributed by atoms with Crippen molar-refractivity contribution in [2.75, 3.05) is 6.66 Å². The summed E-state index contributed by atoms with van der Waals surface area (Å²) in [5.41, 5.74) is 0. The predicted molar refractivity (Wildman–Crippen MR) is 36.4 cm³/mol. The summed E-state index contributed by atoms with van der Waals surface area (Å²) in [5.74, 6) is 0. The first-order valence-electron chi connectivity index (χ1n) is 2.20. The molecule has 1 nitrogen and oxygen atoms in total. The van der Waals surface area contributed by atoms with Gasteiger partial charge in [0.25, 0.3) is 0 Å². The van der Waals surface area contributed by atoms with Crippen LogP contribution in [0.15, 0.2) is 0 Å². The first kappa shape index (κ1) is 7.48. The Morgan fingerprint density at radius 3 is 2.00 bits per heavy atom. The fourth-order valence-electron chi connectivity index (χ4n) is 0.297. The summed E-state index contributed by atoms with van der Waals surface area (Å²) in [6.07, 6.45) is 0.300. The molecule has 0 N–H and O–H groups in total. The van der Waals surface area contributed by atoms with E-state index in [0.29, 0.717) is 6.10 Å². The smallest absolute Gasteiger partial charge is 0.166 e. The van der Waals surface area contributed by atoms with E-state index in [9.17, 15) is 0 Å². The number of rotatable bonds is 2. The summed E-state index contributed by atoms with van der Waals surface area (Å²) in [6, 6.07) is 0. The van der Waals surface area contributed by atoms with Crippen LogP contribution in [-0.4, -0.2) is 12.8 Å². The van der Waals surface area contributed by atoms with Crippen LogP contribution in [0.1, 0.15) is 13.8 Å². The number of hydrogen-bond acceptors (Lipinski definition) is 2. The summed E-state index contributed by atoms with van der Waals surface area (Å²) < 4.78 is 5.13. The Balaban J connectivity index is 3.13. The van der Waals surface area contributed by atoms with Gasteiger partial charge in [0, 0.05) is 0 Å². The molecule has 0 aliphatic carbocycles. The largest absolute Gasteiger partial charge is 0.334 e. The van der Waals surface area contributed by atoms with Crippen molar-refractivity contribution < 1.29 is 4.52 Å². The van der Waals surface area contributed by atoms with Gasteiger partial charge in [0.15, 0.2) is 11.8 Å². The Morgan fingerprint density at radius 1 is 1.57 bits per heavy atom. The van der Waals surface area contributed by atoms with Gasteiger partial charge in [-0.2, -0.15) is 4.52 Å². The first-order chi connectivity index (χ1) is 3.13. The van der Waals surface area contributed by atoms with Gasteiger partial charge in [-0.1, -0.05) is 0 Å². The molecule has 0 aromatic carbocycles. The molecule has 0 rings (SSSR count). The zero-order valence-corrected chi connectivity index (χ0v) is 6.55. The molecule has 0 amide bonds. The average molecular weight is 137 g/mol. The number of hydrogen-bond donors (Lipinski definition) is 0. The molecule has 3 heteroatoms. The zero-order valence-electron chi connectivity index (χ0n) is 4.84. The minimum atomic E-state index is -0.557. The second-order valence-corrected chi connectivity index (χ2v) is 4.23. The van der Waals surface area contributed by atoms with E-state index in [2.05, 4.69) is 0 Å². The van der Waals surface area contributed by atoms with Crippen LogP contribution in [0.25, 0.3) is 0 Å². The average Bonchev–Trinajstić information content (AvgIpc) is 1.27. The molecule has 1 unspecified atom stereocenters. The molecule has 42 valence electrons. The first-order valence-corrected chi connectivity index (χ1v) is 4.92. The lowest BCUT2D eigenvalue weighted by Gasteiger charge is -1.90. The van der Waals surface area contributed by atoms with Crippen LogP contribution in [0.4, 0.5) is 0 Å². The Kier molecular flexibility index (Phi) is 3.72. The second kappa shape index (κ2) is 3.48. The van der Waals surface area contributed by atoms with Crippen LogP contribution in [0.2, 0.25) is 0 Å². The van der Waals surface area contributed by atoms with E-state index in [1.54, 1.807) is 0 Å². The second-order valence-electron chi connectivity index (χ2n) is 1.59. The Hall–Kier alpha value is 0.480. The normalized spacial score (nSPS) is 12.3. The quantitative estimate of drug-likeness (QED) is 0.537. The highest BCUT2D eigenvalue weighted by molar-refractivity contribution is 8.02. The van der Waals surface area contributed by atoms with Gasteiger partial charge in [0.1, 0.15) is 12.8 Å². The zero-order chi connectivity index (χ0) is 5.86. The van der Waals surface area contributed by atoms with E-state index in [4.69, 9.17) is 16.3 Å². The highest BCUT2D eigenvalue weighted by Gasteiger charge is 2.03. The van der Waals surface area contributed by atoms with Gasteiger partial charge in [-0.15, -0.1) is 0 Å². The summed E-state index contributed by atoms with van der Waals surface area (Å²) in [6.45, 7) is 5.35. The van der Waals surface area contributed by atoms with Crippen molar-refractivity contribution in [2.24, 2.45) is 0 Å². The Labute approximate surface area is 50.6 Å². The highest BCUT2D eigenvalue weighted by atomic mass is 32.4. The van der Waals surface area contributed by atoms with E-state index in [0.717, 1.165) is 0 Å². The van der Waals surface area contributed by atoms with Crippen LogP contribution in [0.3, 0.4) is 0 Å². The molecule has 7 heavy (non-hydrogen) atoms. The van der Waals surface area contributed by atoms with Gasteiger partial charge in [0.05, 0.1) is 0 Å². The molecular weight excluding hydrogens is 127 g/mol. The standard InChI is InChI=1S/C4H10OPS/c1-4(2)5-6(3)7/h4H,1-3H3/q+1. The SMILES string of the molecule is CC(C)O[P+](C)=S. The Bertz CT molecular complexity index is 72.1. The van der Waals surface area contributed by atoms with Crippen LogP contribution in [-0.2, 0) is 16.3 Å². The lowest BCUT2D eigenvalue weighted by atomic mass is 10.5. The van der Waals surface area contributed by atoms with Crippen molar-refractivity contribution in [3.05, 3.63) is 0 Å². The van der Waals surface area contributed by atoms with Gasteiger partial charge in [-0.3, -0.25) is 0 Å². The van der Waals surface area contributed by atoms with Gasteiger partial charge in [-0.05, 0) is 13.8 Å². The monoisotopic (exact) mass is 137 g/mol. The molecule has 1 atom stereocenters. The van der Waals surface area contributed by atoms with Gasteiger partial charge >= 0.3 is 6.92 Å². The van der Waals surface area contributed by atoms with Crippen LogP contribution in [0.5, 0.6) is 0 Å². The topological polar surface area (TPSA) is 9.23 Å². The minimum Gasteiger partial charge on any atom is -0.166 e. The minimum absolute atomic E-state index is 0.300. The summed E-state index contributed by atoms with van der Waals surface area (Å²) >= 11 is 4.80. The van der Waals surface area contributed by atoms with Gasteiger partial charge in [-0.25, -0.2) is 0 Å². The molecule has 0 heterocycles. The summed E-state index contributed by atoms with van der Waals surface area (Å²) in [5, 5.41) is 0. The maximum absolute atomic E-state index is 5.13.